The summed E-state index contributed by atoms with van der Waals surface area (Å²) < 4.78 is 0. The molecule has 1 aromatic carbocycles. The van der Waals surface area contributed by atoms with Crippen molar-refractivity contribution >= 4 is 11.8 Å². The third kappa shape index (κ3) is 4.54. The van der Waals surface area contributed by atoms with Gasteiger partial charge >= 0.3 is 0 Å². The molecular formula is C23H32N4O2. The molecule has 3 N–H and O–H groups in total. The summed E-state index contributed by atoms with van der Waals surface area (Å²) in [6.07, 6.45) is 2.88. The molecule has 0 unspecified atom stereocenters. The molecule has 4 rings (SSSR count). The first-order chi connectivity index (χ1) is 13.9. The van der Waals surface area contributed by atoms with E-state index in [4.69, 9.17) is 9.97 Å². The van der Waals surface area contributed by atoms with Crippen LogP contribution in [0.25, 0.3) is 0 Å². The molecule has 0 bridgehead atoms. The van der Waals surface area contributed by atoms with Crippen molar-refractivity contribution in [2.45, 2.75) is 64.6 Å². The Hall–Kier alpha value is -2.18. The lowest BCUT2D eigenvalue weighted by atomic mass is 9.96. The number of nitrogens with one attached hydrogen (secondary N) is 1. The van der Waals surface area contributed by atoms with E-state index < -0.39 is 6.10 Å². The molecule has 0 spiro atoms. The van der Waals surface area contributed by atoms with E-state index in [0.29, 0.717) is 17.8 Å². The highest BCUT2D eigenvalue weighted by molar-refractivity contribution is 5.50. The second-order valence-corrected chi connectivity index (χ2v) is 8.80. The summed E-state index contributed by atoms with van der Waals surface area (Å²) in [5.74, 6) is 2.40. The molecule has 0 amide bonds. The van der Waals surface area contributed by atoms with Crippen molar-refractivity contribution in [2.75, 3.05) is 23.4 Å². The minimum Gasteiger partial charge on any atom is -0.394 e. The van der Waals surface area contributed by atoms with E-state index in [9.17, 15) is 10.2 Å². The SMILES string of the molecule is CC(C)[C@@H](CO)Nc1nc(C2CC2)cc(N2CCc3cc([C@@H](C)O)ccc3C2)n1. The van der Waals surface area contributed by atoms with Gasteiger partial charge in [-0.3, -0.25) is 0 Å². The van der Waals surface area contributed by atoms with Gasteiger partial charge in [0.1, 0.15) is 5.82 Å². The molecule has 1 aromatic heterocycles. The fourth-order valence-electron chi connectivity index (χ4n) is 3.88. The zero-order valence-corrected chi connectivity index (χ0v) is 17.6. The minimum atomic E-state index is -0.435. The van der Waals surface area contributed by atoms with Crippen molar-refractivity contribution in [3.8, 4) is 0 Å². The number of aliphatic hydroxyl groups is 2. The molecule has 156 valence electrons. The van der Waals surface area contributed by atoms with E-state index in [0.717, 1.165) is 36.6 Å². The lowest BCUT2D eigenvalue weighted by Crippen LogP contribution is -2.33. The predicted molar refractivity (Wildman–Crippen MR) is 115 cm³/mol. The number of benzene rings is 1. The molecule has 1 aliphatic carbocycles. The average Bonchev–Trinajstić information content (AvgIpc) is 3.56. The lowest BCUT2D eigenvalue weighted by Gasteiger charge is -2.31. The molecule has 6 heteroatoms. The van der Waals surface area contributed by atoms with Gasteiger partial charge in [0.2, 0.25) is 5.95 Å². The van der Waals surface area contributed by atoms with E-state index in [1.807, 2.05) is 13.0 Å². The average molecular weight is 397 g/mol. The van der Waals surface area contributed by atoms with Crippen LogP contribution in [0.2, 0.25) is 0 Å². The van der Waals surface area contributed by atoms with E-state index in [1.165, 1.54) is 24.0 Å². The number of anilines is 2. The van der Waals surface area contributed by atoms with Gasteiger partial charge in [-0.25, -0.2) is 4.98 Å². The van der Waals surface area contributed by atoms with Crippen LogP contribution in [0.5, 0.6) is 0 Å². The summed E-state index contributed by atoms with van der Waals surface area (Å²) in [6, 6.07) is 8.37. The van der Waals surface area contributed by atoms with Crippen molar-refractivity contribution in [3.63, 3.8) is 0 Å². The molecule has 1 aliphatic heterocycles. The van der Waals surface area contributed by atoms with E-state index in [2.05, 4.69) is 42.3 Å². The van der Waals surface area contributed by atoms with Crippen molar-refractivity contribution in [3.05, 3.63) is 46.6 Å². The molecule has 29 heavy (non-hydrogen) atoms. The van der Waals surface area contributed by atoms with Gasteiger partial charge in [-0.2, -0.15) is 4.98 Å². The maximum absolute atomic E-state index is 9.85. The number of aromatic nitrogens is 2. The second kappa shape index (κ2) is 8.28. The Labute approximate surface area is 173 Å². The number of nitrogens with zero attached hydrogens (tertiary/aromatic N) is 3. The van der Waals surface area contributed by atoms with Gasteiger partial charge < -0.3 is 20.4 Å². The number of hydrogen-bond acceptors (Lipinski definition) is 6. The van der Waals surface area contributed by atoms with Crippen molar-refractivity contribution in [2.24, 2.45) is 5.92 Å². The largest absolute Gasteiger partial charge is 0.394 e. The maximum Gasteiger partial charge on any atom is 0.225 e. The van der Waals surface area contributed by atoms with Gasteiger partial charge in [0, 0.05) is 25.1 Å². The van der Waals surface area contributed by atoms with Crippen molar-refractivity contribution in [1.82, 2.24) is 9.97 Å². The smallest absolute Gasteiger partial charge is 0.225 e. The maximum atomic E-state index is 9.85. The molecule has 2 aliphatic rings. The molecular weight excluding hydrogens is 364 g/mol. The number of aliphatic hydroxyl groups excluding tert-OH is 2. The fourth-order valence-corrected chi connectivity index (χ4v) is 3.88. The first-order valence-corrected chi connectivity index (χ1v) is 10.8. The van der Waals surface area contributed by atoms with Crippen LogP contribution < -0.4 is 10.2 Å². The minimum absolute atomic E-state index is 0.0572. The van der Waals surface area contributed by atoms with E-state index >= 15 is 0 Å². The molecule has 2 atom stereocenters. The molecule has 2 heterocycles. The van der Waals surface area contributed by atoms with Gasteiger partial charge in [-0.1, -0.05) is 32.0 Å². The predicted octanol–water partition coefficient (Wildman–Crippen LogP) is 3.40. The summed E-state index contributed by atoms with van der Waals surface area (Å²) >= 11 is 0. The summed E-state index contributed by atoms with van der Waals surface area (Å²) in [4.78, 5) is 11.9. The fraction of sp³-hybridized carbons (Fsp3) is 0.565. The van der Waals surface area contributed by atoms with E-state index in [-0.39, 0.29) is 12.6 Å². The van der Waals surface area contributed by atoms with Crippen LogP contribution in [0.4, 0.5) is 11.8 Å². The van der Waals surface area contributed by atoms with E-state index in [1.54, 1.807) is 0 Å². The molecule has 0 saturated heterocycles. The van der Waals surface area contributed by atoms with Gasteiger partial charge in [0.15, 0.2) is 0 Å². The van der Waals surface area contributed by atoms with Gasteiger partial charge in [0.05, 0.1) is 24.4 Å². The molecule has 6 nitrogen and oxygen atoms in total. The van der Waals surface area contributed by atoms with Gasteiger partial charge in [-0.15, -0.1) is 0 Å². The molecule has 1 saturated carbocycles. The summed E-state index contributed by atoms with van der Waals surface area (Å²) in [5.41, 5.74) is 4.69. The lowest BCUT2D eigenvalue weighted by molar-refractivity contribution is 0.199. The highest BCUT2D eigenvalue weighted by atomic mass is 16.3. The van der Waals surface area contributed by atoms with Crippen LogP contribution in [-0.2, 0) is 13.0 Å². The summed E-state index contributed by atoms with van der Waals surface area (Å²) in [7, 11) is 0. The van der Waals surface area contributed by atoms with Crippen LogP contribution in [0, 0.1) is 5.92 Å². The standard InChI is InChI=1S/C23H32N4O2/c1-14(2)21(13-28)25-23-24-20(16-4-5-16)11-22(26-23)27-9-8-18-10-17(15(3)29)6-7-19(18)12-27/h6-7,10-11,14-16,21,28-29H,4-5,8-9,12-13H2,1-3H3,(H,24,25,26)/t15-,21-/m1/s1. The molecule has 2 aromatic rings. The Morgan fingerprint density at radius 3 is 2.59 bits per heavy atom. The number of fused-ring (bicyclic) bond motifs is 1. The summed E-state index contributed by atoms with van der Waals surface area (Å²) in [6.45, 7) is 7.74. The van der Waals surface area contributed by atoms with Crippen LogP contribution in [0.3, 0.4) is 0 Å². The van der Waals surface area contributed by atoms with Gasteiger partial charge in [-0.05, 0) is 48.8 Å². The summed E-state index contributed by atoms with van der Waals surface area (Å²) in [5, 5.41) is 22.9. The topological polar surface area (TPSA) is 81.5 Å². The molecule has 1 fully saturated rings. The van der Waals surface area contributed by atoms with Crippen molar-refractivity contribution in [1.29, 1.82) is 0 Å². The van der Waals surface area contributed by atoms with Crippen LogP contribution in [-0.4, -0.2) is 39.4 Å². The Morgan fingerprint density at radius 2 is 1.93 bits per heavy atom. The monoisotopic (exact) mass is 396 g/mol. The van der Waals surface area contributed by atoms with Gasteiger partial charge in [0.25, 0.3) is 0 Å². The third-order valence-corrected chi connectivity index (χ3v) is 6.09. The zero-order chi connectivity index (χ0) is 20.5. The Morgan fingerprint density at radius 1 is 1.14 bits per heavy atom. The quantitative estimate of drug-likeness (QED) is 0.666. The third-order valence-electron chi connectivity index (χ3n) is 6.09. The first kappa shape index (κ1) is 20.1. The normalized spacial score (nSPS) is 18.5. The second-order valence-electron chi connectivity index (χ2n) is 8.80. The Bertz CT molecular complexity index is 864. The zero-order valence-electron chi connectivity index (χ0n) is 17.6. The highest BCUT2D eigenvalue weighted by Gasteiger charge is 2.28. The Balaban J connectivity index is 1.59. The molecule has 0 radical (unpaired) electrons. The highest BCUT2D eigenvalue weighted by Crippen LogP contribution is 2.40. The van der Waals surface area contributed by atoms with Crippen LogP contribution in [0.15, 0.2) is 24.3 Å². The first-order valence-electron chi connectivity index (χ1n) is 10.8. The Kier molecular flexibility index (Phi) is 5.74. The van der Waals surface area contributed by atoms with Crippen LogP contribution >= 0.6 is 0 Å². The van der Waals surface area contributed by atoms with Crippen LogP contribution in [0.1, 0.15) is 68.0 Å². The van der Waals surface area contributed by atoms with Crippen molar-refractivity contribution < 1.29 is 10.2 Å². The number of rotatable bonds is 7. The number of hydrogen-bond donors (Lipinski definition) is 3.